The Morgan fingerprint density at radius 3 is 2.61 bits per heavy atom. The van der Waals surface area contributed by atoms with Gasteiger partial charge in [0.2, 0.25) is 0 Å². The van der Waals surface area contributed by atoms with Gasteiger partial charge in [-0.1, -0.05) is 29.8 Å². The van der Waals surface area contributed by atoms with Crippen molar-refractivity contribution < 1.29 is 9.90 Å². The molecule has 0 saturated heterocycles. The summed E-state index contributed by atoms with van der Waals surface area (Å²) >= 11 is 6.01. The van der Waals surface area contributed by atoms with E-state index in [9.17, 15) is 4.79 Å². The third-order valence-corrected chi connectivity index (χ3v) is 5.08. The second-order valence-electron chi connectivity index (χ2n) is 6.74. The van der Waals surface area contributed by atoms with Crippen molar-refractivity contribution in [3.8, 4) is 0 Å². The van der Waals surface area contributed by atoms with E-state index in [1.165, 1.54) is 0 Å². The van der Waals surface area contributed by atoms with Crippen LogP contribution in [0.1, 0.15) is 36.4 Å². The van der Waals surface area contributed by atoms with Gasteiger partial charge in [0.25, 0.3) is 0 Å². The van der Waals surface area contributed by atoms with Crippen LogP contribution in [0.5, 0.6) is 0 Å². The highest BCUT2D eigenvalue weighted by molar-refractivity contribution is 6.30. The highest BCUT2D eigenvalue weighted by Crippen LogP contribution is 2.34. The van der Waals surface area contributed by atoms with Crippen molar-refractivity contribution in [3.63, 3.8) is 0 Å². The summed E-state index contributed by atoms with van der Waals surface area (Å²) in [6.07, 6.45) is 4.76. The van der Waals surface area contributed by atoms with Crippen LogP contribution in [0.15, 0.2) is 60.0 Å². The Labute approximate surface area is 167 Å². The summed E-state index contributed by atoms with van der Waals surface area (Å²) in [5, 5.41) is 16.4. The molecule has 1 atom stereocenters. The second-order valence-corrected chi connectivity index (χ2v) is 7.17. The summed E-state index contributed by atoms with van der Waals surface area (Å²) in [7, 11) is 0. The van der Waals surface area contributed by atoms with Crippen LogP contribution in [0.4, 0.5) is 0 Å². The lowest BCUT2D eigenvalue weighted by Crippen LogP contribution is -2.21. The number of hydrogen-bond acceptors (Lipinski definition) is 5. The van der Waals surface area contributed by atoms with E-state index >= 15 is 0 Å². The van der Waals surface area contributed by atoms with E-state index in [0.29, 0.717) is 18.0 Å². The molecule has 6 nitrogen and oxygen atoms in total. The first-order valence-electron chi connectivity index (χ1n) is 9.13. The lowest BCUT2D eigenvalue weighted by molar-refractivity contribution is -0.137. The van der Waals surface area contributed by atoms with Gasteiger partial charge in [0.1, 0.15) is 0 Å². The number of aliphatic carboxylic acids is 1. The molecule has 0 fully saturated rings. The second kappa shape index (κ2) is 7.94. The predicted molar refractivity (Wildman–Crippen MR) is 108 cm³/mol. The maximum absolute atomic E-state index is 10.9. The molecule has 2 aromatic carbocycles. The van der Waals surface area contributed by atoms with E-state index in [0.717, 1.165) is 34.3 Å². The highest BCUT2D eigenvalue weighted by atomic mass is 35.5. The molecule has 0 saturated carbocycles. The zero-order chi connectivity index (χ0) is 19.5. The number of hydrazone groups is 1. The average molecular weight is 395 g/mol. The van der Waals surface area contributed by atoms with E-state index in [1.807, 2.05) is 47.5 Å². The van der Waals surface area contributed by atoms with E-state index in [4.69, 9.17) is 21.8 Å². The average Bonchev–Trinajstić information content (AvgIpc) is 3.12. The van der Waals surface area contributed by atoms with Crippen LogP contribution < -0.4 is 0 Å². The maximum Gasteiger partial charge on any atom is 0.303 e. The van der Waals surface area contributed by atoms with E-state index in [-0.39, 0.29) is 12.5 Å². The summed E-state index contributed by atoms with van der Waals surface area (Å²) < 4.78 is 0. The molecule has 4 rings (SSSR count). The van der Waals surface area contributed by atoms with Crippen LogP contribution in [0.3, 0.4) is 0 Å². The Morgan fingerprint density at radius 2 is 1.86 bits per heavy atom. The quantitative estimate of drug-likeness (QED) is 0.674. The molecule has 7 heteroatoms. The fourth-order valence-electron chi connectivity index (χ4n) is 3.45. The molecule has 0 amide bonds. The lowest BCUT2D eigenvalue weighted by Gasteiger charge is -2.23. The van der Waals surface area contributed by atoms with Gasteiger partial charge in [0, 0.05) is 36.8 Å². The van der Waals surface area contributed by atoms with Crippen LogP contribution in [-0.4, -0.2) is 38.3 Å². The van der Waals surface area contributed by atoms with Gasteiger partial charge in [-0.05, 0) is 41.8 Å². The number of hydrogen-bond donors (Lipinski definition) is 1. The van der Waals surface area contributed by atoms with Gasteiger partial charge in [0.05, 0.1) is 22.8 Å². The first kappa shape index (κ1) is 18.4. The van der Waals surface area contributed by atoms with Crippen LogP contribution in [0.2, 0.25) is 5.02 Å². The molecule has 1 aromatic heterocycles. The fraction of sp³-hybridized carbons (Fsp3) is 0.238. The van der Waals surface area contributed by atoms with E-state index in [2.05, 4.69) is 9.97 Å². The number of carboxylic acids is 1. The molecule has 142 valence electrons. The monoisotopic (exact) mass is 394 g/mol. The first-order valence-corrected chi connectivity index (χ1v) is 9.50. The normalized spacial score (nSPS) is 16.4. The van der Waals surface area contributed by atoms with Crippen molar-refractivity contribution in [1.29, 1.82) is 0 Å². The Morgan fingerprint density at radius 1 is 1.11 bits per heavy atom. The summed E-state index contributed by atoms with van der Waals surface area (Å²) in [5.74, 6) is -0.793. The van der Waals surface area contributed by atoms with Crippen molar-refractivity contribution >= 4 is 34.3 Å². The minimum atomic E-state index is -0.793. The summed E-state index contributed by atoms with van der Waals surface area (Å²) in [6.45, 7) is 0.576. The molecular weight excluding hydrogens is 376 g/mol. The van der Waals surface area contributed by atoms with Crippen molar-refractivity contribution in [1.82, 2.24) is 15.0 Å². The van der Waals surface area contributed by atoms with Gasteiger partial charge in [-0.3, -0.25) is 19.8 Å². The number of benzene rings is 2. The molecule has 1 aliphatic rings. The molecule has 0 aliphatic carbocycles. The minimum absolute atomic E-state index is 0.0332. The van der Waals surface area contributed by atoms with Gasteiger partial charge < -0.3 is 5.11 Å². The fourth-order valence-corrected chi connectivity index (χ4v) is 3.57. The molecule has 2 heterocycles. The highest BCUT2D eigenvalue weighted by Gasteiger charge is 2.28. The molecule has 28 heavy (non-hydrogen) atoms. The molecule has 1 aliphatic heterocycles. The van der Waals surface area contributed by atoms with Crippen molar-refractivity contribution in [2.24, 2.45) is 5.10 Å². The molecule has 1 unspecified atom stereocenters. The van der Waals surface area contributed by atoms with Gasteiger partial charge in [-0.2, -0.15) is 5.10 Å². The summed E-state index contributed by atoms with van der Waals surface area (Å²) in [6, 6.07) is 13.7. The smallest absolute Gasteiger partial charge is 0.303 e. The molecule has 1 N–H and O–H groups in total. The first-order chi connectivity index (χ1) is 13.6. The Hall–Kier alpha value is -2.99. The number of nitrogens with zero attached hydrogens (tertiary/aromatic N) is 4. The standard InChI is InChI=1S/C21H19ClN4O2/c22-16-6-3-14(4-7-16)18-13-20(26(25-18)11-1-2-21(27)28)15-5-8-17-19(12-15)24-10-9-23-17/h3-10,12,20H,1-2,11,13H2,(H,27,28). The molecular formula is C21H19ClN4O2. The predicted octanol–water partition coefficient (Wildman–Crippen LogP) is 4.30. The zero-order valence-electron chi connectivity index (χ0n) is 15.1. The van der Waals surface area contributed by atoms with Crippen molar-refractivity contribution in [3.05, 3.63) is 71.0 Å². The Bertz CT molecular complexity index is 1040. The maximum atomic E-state index is 10.9. The van der Waals surface area contributed by atoms with Gasteiger partial charge in [0.15, 0.2) is 0 Å². The third kappa shape index (κ3) is 3.97. The summed E-state index contributed by atoms with van der Waals surface area (Å²) in [4.78, 5) is 19.6. The van der Waals surface area contributed by atoms with Crippen LogP contribution >= 0.6 is 11.6 Å². The number of aromatic nitrogens is 2. The van der Waals surface area contributed by atoms with Crippen LogP contribution in [0.25, 0.3) is 11.0 Å². The number of halogens is 1. The third-order valence-electron chi connectivity index (χ3n) is 4.83. The number of rotatable bonds is 6. The lowest BCUT2D eigenvalue weighted by atomic mass is 9.98. The Kier molecular flexibility index (Phi) is 5.21. The number of carboxylic acid groups (broad SMARTS) is 1. The topological polar surface area (TPSA) is 78.7 Å². The van der Waals surface area contributed by atoms with Crippen LogP contribution in [0, 0.1) is 0 Å². The van der Waals surface area contributed by atoms with Crippen molar-refractivity contribution in [2.45, 2.75) is 25.3 Å². The Balaban J connectivity index is 1.63. The van der Waals surface area contributed by atoms with Crippen LogP contribution in [-0.2, 0) is 4.79 Å². The molecule has 0 spiro atoms. The zero-order valence-corrected chi connectivity index (χ0v) is 15.9. The van der Waals surface area contributed by atoms with Gasteiger partial charge in [-0.25, -0.2) is 0 Å². The number of fused-ring (bicyclic) bond motifs is 1. The largest absolute Gasteiger partial charge is 0.481 e. The van der Waals surface area contributed by atoms with E-state index < -0.39 is 5.97 Å². The van der Waals surface area contributed by atoms with Crippen molar-refractivity contribution in [2.75, 3.05) is 6.54 Å². The molecule has 0 radical (unpaired) electrons. The van der Waals surface area contributed by atoms with Gasteiger partial charge >= 0.3 is 5.97 Å². The SMILES string of the molecule is O=C(O)CCCN1N=C(c2ccc(Cl)cc2)CC1c1ccc2nccnc2c1. The van der Waals surface area contributed by atoms with E-state index in [1.54, 1.807) is 12.4 Å². The number of carbonyl (C=O) groups is 1. The molecule has 3 aromatic rings. The summed E-state index contributed by atoms with van der Waals surface area (Å²) in [5.41, 5.74) is 4.77. The van der Waals surface area contributed by atoms with Gasteiger partial charge in [-0.15, -0.1) is 0 Å². The minimum Gasteiger partial charge on any atom is -0.481 e. The molecule has 0 bridgehead atoms.